The van der Waals surface area contributed by atoms with Crippen molar-refractivity contribution in [2.75, 3.05) is 19.8 Å². The van der Waals surface area contributed by atoms with Gasteiger partial charge in [0.1, 0.15) is 10.9 Å². The van der Waals surface area contributed by atoms with Crippen LogP contribution in [0.4, 0.5) is 0 Å². The lowest BCUT2D eigenvalue weighted by atomic mass is 10.1. The maximum atomic E-state index is 12.5. The van der Waals surface area contributed by atoms with E-state index in [1.807, 2.05) is 25.1 Å². The highest BCUT2D eigenvalue weighted by atomic mass is 32.2. The molecule has 0 N–H and O–H groups in total. The number of nitrogens with zero attached hydrogens (tertiary/aromatic N) is 1. The molecule has 0 aliphatic carbocycles. The monoisotopic (exact) mass is 375 g/mol. The fourth-order valence-electron chi connectivity index (χ4n) is 2.30. The van der Waals surface area contributed by atoms with Crippen molar-refractivity contribution in [3.8, 4) is 23.8 Å². The van der Waals surface area contributed by atoms with Gasteiger partial charge in [-0.05, 0) is 36.6 Å². The zero-order chi connectivity index (χ0) is 18.4. The molecule has 0 saturated carbocycles. The highest BCUT2D eigenvalue weighted by molar-refractivity contribution is 8.26. The SMILES string of the molecule is C#CCOc1ccc(C=C2SC(=S)N(CC(C)C)C2=O)cc1OCC. The van der Waals surface area contributed by atoms with Gasteiger partial charge in [-0.3, -0.25) is 9.69 Å². The first-order chi connectivity index (χ1) is 12.0. The normalized spacial score (nSPS) is 15.8. The molecule has 1 heterocycles. The number of carbonyl (C=O) groups is 1. The maximum Gasteiger partial charge on any atom is 0.266 e. The van der Waals surface area contributed by atoms with Gasteiger partial charge in [0.2, 0.25) is 0 Å². The van der Waals surface area contributed by atoms with Crippen LogP contribution in [0.25, 0.3) is 6.08 Å². The Hall–Kier alpha value is -1.97. The summed E-state index contributed by atoms with van der Waals surface area (Å²) in [5.74, 6) is 3.93. The Kier molecular flexibility index (Phi) is 6.91. The van der Waals surface area contributed by atoms with Crippen molar-refractivity contribution in [1.82, 2.24) is 4.90 Å². The zero-order valence-corrected chi connectivity index (χ0v) is 16.2. The van der Waals surface area contributed by atoms with Gasteiger partial charge in [-0.15, -0.1) is 6.42 Å². The number of benzene rings is 1. The summed E-state index contributed by atoms with van der Waals surface area (Å²) in [5.41, 5.74) is 0.849. The van der Waals surface area contributed by atoms with Crippen LogP contribution in [-0.2, 0) is 4.79 Å². The Bertz CT molecular complexity index is 735. The van der Waals surface area contributed by atoms with Gasteiger partial charge in [0.25, 0.3) is 5.91 Å². The third-order valence-corrected chi connectivity index (χ3v) is 4.68. The summed E-state index contributed by atoms with van der Waals surface area (Å²) in [5, 5.41) is 0. The smallest absolute Gasteiger partial charge is 0.266 e. The Labute approximate surface area is 158 Å². The third kappa shape index (κ3) is 5.00. The number of hydrogen-bond acceptors (Lipinski definition) is 5. The average Bonchev–Trinajstić information content (AvgIpc) is 2.81. The number of hydrogen-bond donors (Lipinski definition) is 0. The molecular weight excluding hydrogens is 354 g/mol. The minimum Gasteiger partial charge on any atom is -0.490 e. The van der Waals surface area contributed by atoms with Gasteiger partial charge >= 0.3 is 0 Å². The molecule has 2 rings (SSSR count). The van der Waals surface area contributed by atoms with Gasteiger partial charge in [-0.2, -0.15) is 0 Å². The van der Waals surface area contributed by atoms with Gasteiger partial charge in [0.15, 0.2) is 11.5 Å². The van der Waals surface area contributed by atoms with Crippen LogP contribution in [0, 0.1) is 18.3 Å². The lowest BCUT2D eigenvalue weighted by molar-refractivity contribution is -0.122. The Morgan fingerprint density at radius 2 is 2.12 bits per heavy atom. The van der Waals surface area contributed by atoms with E-state index < -0.39 is 0 Å². The fraction of sp³-hybridized carbons (Fsp3) is 0.368. The van der Waals surface area contributed by atoms with E-state index in [1.54, 1.807) is 11.0 Å². The van der Waals surface area contributed by atoms with Crippen LogP contribution in [0.5, 0.6) is 11.5 Å². The molecule has 1 amide bonds. The highest BCUT2D eigenvalue weighted by Gasteiger charge is 2.32. The van der Waals surface area contributed by atoms with Crippen molar-refractivity contribution >= 4 is 40.3 Å². The topological polar surface area (TPSA) is 38.8 Å². The molecule has 1 aliphatic rings. The van der Waals surface area contributed by atoms with Crippen LogP contribution in [0.3, 0.4) is 0 Å². The number of terminal acetylenes is 1. The summed E-state index contributed by atoms with van der Waals surface area (Å²) >= 11 is 6.66. The lowest BCUT2D eigenvalue weighted by Crippen LogP contribution is -2.31. The van der Waals surface area contributed by atoms with Crippen LogP contribution in [0.1, 0.15) is 26.3 Å². The van der Waals surface area contributed by atoms with Crippen molar-refractivity contribution in [3.63, 3.8) is 0 Å². The van der Waals surface area contributed by atoms with Crippen LogP contribution in [0.2, 0.25) is 0 Å². The Morgan fingerprint density at radius 3 is 2.76 bits per heavy atom. The molecular formula is C19H21NO3S2. The fourth-order valence-corrected chi connectivity index (χ4v) is 3.57. The van der Waals surface area contributed by atoms with Crippen molar-refractivity contribution < 1.29 is 14.3 Å². The van der Waals surface area contributed by atoms with E-state index in [1.165, 1.54) is 11.8 Å². The predicted molar refractivity (Wildman–Crippen MR) is 107 cm³/mol. The van der Waals surface area contributed by atoms with Crippen molar-refractivity contribution in [1.29, 1.82) is 0 Å². The van der Waals surface area contributed by atoms with Gasteiger partial charge in [0, 0.05) is 6.54 Å². The molecule has 1 fully saturated rings. The van der Waals surface area contributed by atoms with E-state index >= 15 is 0 Å². The summed E-state index contributed by atoms with van der Waals surface area (Å²) in [4.78, 5) is 14.8. The van der Waals surface area contributed by atoms with Crippen LogP contribution in [-0.4, -0.2) is 34.9 Å². The van der Waals surface area contributed by atoms with Crippen molar-refractivity contribution in [2.24, 2.45) is 5.92 Å². The van der Waals surface area contributed by atoms with Gasteiger partial charge < -0.3 is 9.47 Å². The minimum absolute atomic E-state index is 0.0469. The number of ether oxygens (including phenoxy) is 2. The molecule has 1 aliphatic heterocycles. The third-order valence-electron chi connectivity index (χ3n) is 3.30. The molecule has 4 nitrogen and oxygen atoms in total. The molecule has 0 bridgehead atoms. The number of carbonyl (C=O) groups excluding carboxylic acids is 1. The standard InChI is InChI=1S/C19H21NO3S2/c1-5-9-23-15-8-7-14(10-16(15)22-6-2)11-17-18(21)20(12-13(3)4)19(24)25-17/h1,7-8,10-11,13H,6,9,12H2,2-4H3. The van der Waals surface area contributed by atoms with Crippen molar-refractivity contribution in [2.45, 2.75) is 20.8 Å². The molecule has 6 heteroatoms. The molecule has 0 radical (unpaired) electrons. The molecule has 0 spiro atoms. The van der Waals surface area contributed by atoms with Gasteiger partial charge in [-0.1, -0.05) is 49.8 Å². The molecule has 1 aromatic carbocycles. The van der Waals surface area contributed by atoms with E-state index in [2.05, 4.69) is 19.8 Å². The second-order valence-electron chi connectivity index (χ2n) is 5.82. The number of amides is 1. The number of thioether (sulfide) groups is 1. The first-order valence-electron chi connectivity index (χ1n) is 8.04. The molecule has 1 aromatic rings. The van der Waals surface area contributed by atoms with Crippen LogP contribution in [0.15, 0.2) is 23.1 Å². The Balaban J connectivity index is 2.25. The first-order valence-corrected chi connectivity index (χ1v) is 9.27. The summed E-state index contributed by atoms with van der Waals surface area (Å²) in [6.45, 7) is 7.33. The number of thiocarbonyl (C=S) groups is 1. The van der Waals surface area contributed by atoms with E-state index in [0.717, 1.165) is 5.56 Å². The number of rotatable bonds is 7. The summed E-state index contributed by atoms with van der Waals surface area (Å²) in [6.07, 6.45) is 7.06. The van der Waals surface area contributed by atoms with Gasteiger partial charge in [0.05, 0.1) is 11.5 Å². The minimum atomic E-state index is -0.0469. The van der Waals surface area contributed by atoms with E-state index in [-0.39, 0.29) is 12.5 Å². The molecule has 1 saturated heterocycles. The summed E-state index contributed by atoms with van der Waals surface area (Å²) in [6, 6.07) is 5.50. The summed E-state index contributed by atoms with van der Waals surface area (Å²) < 4.78 is 11.7. The molecule has 0 unspecified atom stereocenters. The van der Waals surface area contributed by atoms with E-state index in [0.29, 0.717) is 39.8 Å². The summed E-state index contributed by atoms with van der Waals surface area (Å²) in [7, 11) is 0. The maximum absolute atomic E-state index is 12.5. The lowest BCUT2D eigenvalue weighted by Gasteiger charge is -2.16. The van der Waals surface area contributed by atoms with Crippen molar-refractivity contribution in [3.05, 3.63) is 28.7 Å². The predicted octanol–water partition coefficient (Wildman–Crippen LogP) is 3.95. The Morgan fingerprint density at radius 1 is 1.36 bits per heavy atom. The second kappa shape index (κ2) is 8.93. The second-order valence-corrected chi connectivity index (χ2v) is 7.49. The van der Waals surface area contributed by atoms with Crippen LogP contribution < -0.4 is 9.47 Å². The first kappa shape index (κ1) is 19.4. The van der Waals surface area contributed by atoms with E-state index in [4.69, 9.17) is 28.1 Å². The molecule has 132 valence electrons. The van der Waals surface area contributed by atoms with Gasteiger partial charge in [-0.25, -0.2) is 0 Å². The molecule has 0 atom stereocenters. The van der Waals surface area contributed by atoms with E-state index in [9.17, 15) is 4.79 Å². The molecule has 25 heavy (non-hydrogen) atoms. The zero-order valence-electron chi connectivity index (χ0n) is 14.6. The quantitative estimate of drug-likeness (QED) is 0.410. The van der Waals surface area contributed by atoms with Crippen LogP contribution >= 0.6 is 24.0 Å². The largest absolute Gasteiger partial charge is 0.490 e. The molecule has 0 aromatic heterocycles. The highest BCUT2D eigenvalue weighted by Crippen LogP contribution is 2.35. The average molecular weight is 376 g/mol.